The molecule has 158 valence electrons. The van der Waals surface area contributed by atoms with Crippen molar-refractivity contribution in [1.82, 2.24) is 0 Å². The Hall–Kier alpha value is -1.30. The van der Waals surface area contributed by atoms with Gasteiger partial charge in [0.1, 0.15) is 5.60 Å². The second kappa shape index (κ2) is 7.44. The number of hydrogen-bond donors (Lipinski definition) is 1. The van der Waals surface area contributed by atoms with Gasteiger partial charge in [0.15, 0.2) is 0 Å². The van der Waals surface area contributed by atoms with Gasteiger partial charge >= 0.3 is 0 Å². The van der Waals surface area contributed by atoms with Crippen molar-refractivity contribution in [3.8, 4) is 0 Å². The summed E-state index contributed by atoms with van der Waals surface area (Å²) in [6.07, 6.45) is 4.77. The number of isothiocyanates is 1. The van der Waals surface area contributed by atoms with Crippen LogP contribution < -0.4 is 0 Å². The van der Waals surface area contributed by atoms with Crippen molar-refractivity contribution in [1.29, 1.82) is 0 Å². The second-order valence-corrected chi connectivity index (χ2v) is 10.8. The van der Waals surface area contributed by atoms with E-state index >= 15 is 0 Å². The predicted molar refractivity (Wildman–Crippen MR) is 117 cm³/mol. The Morgan fingerprint density at radius 1 is 1.10 bits per heavy atom. The van der Waals surface area contributed by atoms with E-state index in [2.05, 4.69) is 26.8 Å². The van der Waals surface area contributed by atoms with Crippen molar-refractivity contribution in [3.05, 3.63) is 22.8 Å². The van der Waals surface area contributed by atoms with Gasteiger partial charge in [0, 0.05) is 19.3 Å². The van der Waals surface area contributed by atoms with Crippen LogP contribution in [0.3, 0.4) is 0 Å². The van der Waals surface area contributed by atoms with E-state index < -0.39 is 22.7 Å². The van der Waals surface area contributed by atoms with Gasteiger partial charge in [0.2, 0.25) is 5.54 Å². The molecule has 0 radical (unpaired) electrons. The maximum absolute atomic E-state index is 11.0. The third-order valence-electron chi connectivity index (χ3n) is 8.27. The summed E-state index contributed by atoms with van der Waals surface area (Å²) in [5.74, 6) is 0.222. The topological polar surface area (TPSA) is 50.5 Å². The van der Waals surface area contributed by atoms with Gasteiger partial charge in [-0.3, -0.25) is 0 Å². The average molecular weight is 416 g/mol. The maximum Gasteiger partial charge on any atom is 0.255 e. The van der Waals surface area contributed by atoms with Crippen LogP contribution in [-0.4, -0.2) is 44.7 Å². The molecule has 2 aliphatic carbocycles. The first-order valence-corrected chi connectivity index (χ1v) is 11.1. The average Bonchev–Trinajstić information content (AvgIpc) is 3.05. The first kappa shape index (κ1) is 22.4. The molecule has 29 heavy (non-hydrogen) atoms. The van der Waals surface area contributed by atoms with Crippen molar-refractivity contribution >= 4 is 17.4 Å². The fraction of sp³-hybridized carbons (Fsp3) is 0.870. The summed E-state index contributed by atoms with van der Waals surface area (Å²) in [6.45, 7) is 25.8. The fourth-order valence-corrected chi connectivity index (χ4v) is 6.61. The van der Waals surface area contributed by atoms with Gasteiger partial charge in [-0.2, -0.15) is 0 Å². The smallest absolute Gasteiger partial charge is 0.255 e. The Morgan fingerprint density at radius 2 is 1.76 bits per heavy atom. The van der Waals surface area contributed by atoms with Crippen LogP contribution in [0.5, 0.6) is 0 Å². The zero-order valence-corrected chi connectivity index (χ0v) is 19.1. The number of ether oxygens (including phenoxy) is 1. The molecule has 1 saturated heterocycles. The molecule has 3 fully saturated rings. The van der Waals surface area contributed by atoms with Gasteiger partial charge in [0.05, 0.1) is 28.3 Å². The summed E-state index contributed by atoms with van der Waals surface area (Å²) in [4.78, 5) is 12.3. The van der Waals surface area contributed by atoms with Crippen LogP contribution in [0.4, 0.5) is 0 Å². The Kier molecular flexibility index (Phi) is 5.74. The summed E-state index contributed by atoms with van der Waals surface area (Å²) < 4.78 is 6.68. The lowest BCUT2D eigenvalue weighted by molar-refractivity contribution is -0.149. The first-order valence-electron chi connectivity index (χ1n) is 10.7. The van der Waals surface area contributed by atoms with Crippen LogP contribution in [0.15, 0.2) is 4.99 Å². The van der Waals surface area contributed by atoms with E-state index in [1.165, 1.54) is 0 Å². The number of rotatable bonds is 3. The highest BCUT2D eigenvalue weighted by molar-refractivity contribution is 7.78. The van der Waals surface area contributed by atoms with E-state index in [1.807, 2.05) is 20.8 Å². The van der Waals surface area contributed by atoms with E-state index in [1.54, 1.807) is 6.92 Å². The quantitative estimate of drug-likeness (QED) is 0.403. The van der Waals surface area contributed by atoms with Gasteiger partial charge in [-0.05, 0) is 77.9 Å². The van der Waals surface area contributed by atoms with Crippen molar-refractivity contribution in [3.63, 3.8) is 0 Å². The van der Waals surface area contributed by atoms with Gasteiger partial charge in [-0.25, -0.2) is 18.1 Å². The summed E-state index contributed by atoms with van der Waals surface area (Å²) >= 11 is 4.83. The summed E-state index contributed by atoms with van der Waals surface area (Å²) in [5, 5.41) is 13.5. The van der Waals surface area contributed by atoms with E-state index in [-0.39, 0.29) is 29.5 Å². The predicted octanol–water partition coefficient (Wildman–Crippen LogP) is 4.96. The Labute approximate surface area is 180 Å². The molecule has 0 aromatic heterocycles. The number of aliphatic hydroxyl groups is 1. The summed E-state index contributed by atoms with van der Waals surface area (Å²) in [5.41, 5.74) is -2.30. The fourth-order valence-electron chi connectivity index (χ4n) is 6.37. The minimum Gasteiger partial charge on any atom is -0.382 e. The van der Waals surface area contributed by atoms with E-state index in [0.717, 1.165) is 32.1 Å². The van der Waals surface area contributed by atoms with Crippen molar-refractivity contribution < 1.29 is 9.84 Å². The Morgan fingerprint density at radius 3 is 2.34 bits per heavy atom. The van der Waals surface area contributed by atoms with Gasteiger partial charge in [-0.1, -0.05) is 0 Å². The molecule has 8 atom stereocenters. The minimum absolute atomic E-state index is 0.0371. The highest BCUT2D eigenvalue weighted by atomic mass is 32.1. The maximum atomic E-state index is 11.0. The van der Waals surface area contributed by atoms with Crippen molar-refractivity contribution in [2.24, 2.45) is 22.7 Å². The summed E-state index contributed by atoms with van der Waals surface area (Å²) in [7, 11) is 0. The number of fused-ring (bicyclic) bond motifs is 1. The third kappa shape index (κ3) is 3.66. The van der Waals surface area contributed by atoms with Crippen LogP contribution in [0.2, 0.25) is 0 Å². The third-order valence-corrected chi connectivity index (χ3v) is 8.36. The number of hydrogen-bond acceptors (Lipinski definition) is 4. The first-order chi connectivity index (χ1) is 13.4. The SMILES string of the molecule is [C-]#[N+][C@H]1[C@@H]2[C@@H](CC[C@]1(C)O)[C@](C)([N+]#[C-])CC[C@H]2[C@]1(C)CC[C@H](C(C)(C)N=C=S)O1. The van der Waals surface area contributed by atoms with E-state index in [0.29, 0.717) is 6.42 Å². The highest BCUT2D eigenvalue weighted by Gasteiger charge is 2.66. The zero-order valence-electron chi connectivity index (χ0n) is 18.2. The highest BCUT2D eigenvalue weighted by Crippen LogP contribution is 2.58. The molecule has 3 rings (SSSR count). The molecule has 0 bridgehead atoms. The molecule has 0 unspecified atom stereocenters. The van der Waals surface area contributed by atoms with Crippen LogP contribution >= 0.6 is 12.2 Å². The molecule has 0 spiro atoms. The Bertz CT molecular complexity index is 791. The number of nitrogens with zero attached hydrogens (tertiary/aromatic N) is 3. The standard InChI is InChI=1S/C23H33N3O2S/c1-20(2,26-14-29)17-10-13-23(5,28-17)16-8-11-21(3,25-7)15-9-12-22(4,27)19(24-6)18(15)16/h15-19,27H,8-13H2,1-5H3/t15-,16-,17-,18-,19+,21-,22+,23+/m1/s1. The molecule has 1 N–H and O–H groups in total. The molecule has 0 amide bonds. The van der Waals surface area contributed by atoms with Crippen molar-refractivity contribution in [2.75, 3.05) is 0 Å². The largest absolute Gasteiger partial charge is 0.382 e. The molecule has 3 aliphatic rings. The van der Waals surface area contributed by atoms with Crippen LogP contribution in [0, 0.1) is 30.9 Å². The van der Waals surface area contributed by atoms with Crippen LogP contribution in [0.1, 0.15) is 73.1 Å². The minimum atomic E-state index is -1.02. The Balaban J connectivity index is 1.98. The number of aliphatic imine (C=N–C) groups is 1. The molecule has 1 aliphatic heterocycles. The van der Waals surface area contributed by atoms with Crippen molar-refractivity contribution in [2.45, 2.75) is 108 Å². The normalized spacial score (nSPS) is 47.4. The monoisotopic (exact) mass is 415 g/mol. The van der Waals surface area contributed by atoms with Crippen LogP contribution in [0.25, 0.3) is 9.69 Å². The summed E-state index contributed by atoms with van der Waals surface area (Å²) in [6, 6.07) is -0.501. The van der Waals surface area contributed by atoms with E-state index in [4.69, 9.17) is 30.1 Å². The lowest BCUT2D eigenvalue weighted by atomic mass is 9.51. The van der Waals surface area contributed by atoms with Gasteiger partial charge < -0.3 is 19.5 Å². The van der Waals surface area contributed by atoms with Gasteiger partial charge in [-0.15, -0.1) is 0 Å². The molecule has 5 nitrogen and oxygen atoms in total. The molecule has 0 aromatic carbocycles. The zero-order chi connectivity index (χ0) is 21.7. The lowest BCUT2D eigenvalue weighted by Gasteiger charge is -2.53. The van der Waals surface area contributed by atoms with Crippen LogP contribution in [-0.2, 0) is 4.74 Å². The molecule has 1 heterocycles. The van der Waals surface area contributed by atoms with E-state index in [9.17, 15) is 5.11 Å². The lowest BCUT2D eigenvalue weighted by Crippen LogP contribution is -2.61. The number of thiocarbonyl (C=S) groups is 1. The molecule has 6 heteroatoms. The second-order valence-electron chi connectivity index (χ2n) is 10.6. The molecule has 0 aromatic rings. The molecular formula is C23H33N3O2S. The molecular weight excluding hydrogens is 382 g/mol. The van der Waals surface area contributed by atoms with Gasteiger partial charge in [0.25, 0.3) is 6.04 Å². The molecule has 2 saturated carbocycles.